The molecule has 2 heterocycles. The maximum absolute atomic E-state index is 12.3. The lowest BCUT2D eigenvalue weighted by molar-refractivity contribution is -0.141. The van der Waals surface area contributed by atoms with Gasteiger partial charge in [-0.3, -0.25) is 34.6 Å². The number of hydrazine groups is 1. The molecule has 0 fully saturated rings. The summed E-state index contributed by atoms with van der Waals surface area (Å²) in [5, 5.41) is 2.85. The summed E-state index contributed by atoms with van der Waals surface area (Å²) in [7, 11) is 1.58. The van der Waals surface area contributed by atoms with Crippen molar-refractivity contribution in [1.82, 2.24) is 25.7 Å². The summed E-state index contributed by atoms with van der Waals surface area (Å²) in [6.07, 6.45) is 1.60. The summed E-state index contributed by atoms with van der Waals surface area (Å²) >= 11 is 0. The first-order chi connectivity index (χ1) is 14.0. The van der Waals surface area contributed by atoms with Gasteiger partial charge in [0.1, 0.15) is 11.6 Å². The van der Waals surface area contributed by atoms with Crippen LogP contribution in [0.2, 0.25) is 0 Å². The molecule has 10 nitrogen and oxygen atoms in total. The molecule has 29 heavy (non-hydrogen) atoms. The fourth-order valence-electron chi connectivity index (χ4n) is 2.62. The summed E-state index contributed by atoms with van der Waals surface area (Å²) in [5.74, 6) is -1.53. The lowest BCUT2D eigenvalue weighted by Gasteiger charge is -2.10. The van der Waals surface area contributed by atoms with Crippen LogP contribution in [0.1, 0.15) is 18.0 Å². The van der Waals surface area contributed by atoms with Gasteiger partial charge >= 0.3 is 11.8 Å². The minimum Gasteiger partial charge on any atom is -0.467 e. The molecule has 3 aromatic rings. The zero-order chi connectivity index (χ0) is 20.8. The number of nitrogens with one attached hydrogen (secondary N) is 3. The van der Waals surface area contributed by atoms with Crippen LogP contribution in [0.15, 0.2) is 51.9 Å². The fourth-order valence-corrected chi connectivity index (χ4v) is 2.62. The van der Waals surface area contributed by atoms with Crippen LogP contribution in [-0.2, 0) is 34.4 Å². The van der Waals surface area contributed by atoms with E-state index in [1.54, 1.807) is 43.4 Å². The van der Waals surface area contributed by atoms with Gasteiger partial charge in [-0.1, -0.05) is 12.1 Å². The Morgan fingerprint density at radius 2 is 1.86 bits per heavy atom. The Morgan fingerprint density at radius 1 is 1.07 bits per heavy atom. The maximum atomic E-state index is 12.3. The molecule has 0 saturated heterocycles. The molecule has 0 unspecified atom stereocenters. The number of furan rings is 1. The van der Waals surface area contributed by atoms with Crippen molar-refractivity contribution in [3.05, 3.63) is 64.6 Å². The van der Waals surface area contributed by atoms with Crippen LogP contribution in [0.4, 0.5) is 0 Å². The van der Waals surface area contributed by atoms with Crippen LogP contribution in [0.3, 0.4) is 0 Å². The van der Waals surface area contributed by atoms with Gasteiger partial charge < -0.3 is 9.73 Å². The first-order valence-corrected chi connectivity index (χ1v) is 8.79. The molecule has 0 aliphatic rings. The lowest BCUT2D eigenvalue weighted by Crippen LogP contribution is -2.48. The van der Waals surface area contributed by atoms with Crippen molar-refractivity contribution < 1.29 is 18.8 Å². The Bertz CT molecular complexity index is 1100. The molecule has 0 radical (unpaired) electrons. The summed E-state index contributed by atoms with van der Waals surface area (Å²) in [5.41, 5.74) is 4.54. The molecular weight excluding hydrogens is 378 g/mol. The predicted octanol–water partition coefficient (Wildman–Crippen LogP) is -0.0771. The number of carbonyl (C=O) groups is 3. The number of fused-ring (bicyclic) bond motifs is 1. The Labute approximate surface area is 164 Å². The van der Waals surface area contributed by atoms with E-state index in [0.717, 1.165) is 0 Å². The highest BCUT2D eigenvalue weighted by Gasteiger charge is 2.15. The van der Waals surface area contributed by atoms with Crippen molar-refractivity contribution >= 4 is 28.6 Å². The Hall–Kier alpha value is -3.95. The minimum atomic E-state index is -1.01. The van der Waals surface area contributed by atoms with Crippen molar-refractivity contribution in [2.45, 2.75) is 19.4 Å². The second kappa shape index (κ2) is 8.83. The third-order valence-electron chi connectivity index (χ3n) is 4.18. The number of hydrogen-bond acceptors (Lipinski definition) is 6. The second-order valence-corrected chi connectivity index (χ2v) is 6.17. The molecule has 2 aromatic heterocycles. The molecule has 0 aliphatic carbocycles. The summed E-state index contributed by atoms with van der Waals surface area (Å²) in [6.45, 7) is 0.0505. The third kappa shape index (κ3) is 4.86. The van der Waals surface area contributed by atoms with E-state index in [-0.39, 0.29) is 24.9 Å². The van der Waals surface area contributed by atoms with Gasteiger partial charge in [0, 0.05) is 19.9 Å². The van der Waals surface area contributed by atoms with Crippen LogP contribution >= 0.6 is 0 Å². The molecule has 0 aliphatic heterocycles. The quantitative estimate of drug-likeness (QED) is 0.407. The number of amides is 3. The van der Waals surface area contributed by atoms with Crippen LogP contribution < -0.4 is 21.7 Å². The summed E-state index contributed by atoms with van der Waals surface area (Å²) in [4.78, 5) is 52.1. The summed E-state index contributed by atoms with van der Waals surface area (Å²) < 4.78 is 6.42. The third-order valence-corrected chi connectivity index (χ3v) is 4.18. The van der Waals surface area contributed by atoms with Crippen molar-refractivity contribution in [1.29, 1.82) is 0 Å². The highest BCUT2D eigenvalue weighted by molar-refractivity contribution is 6.35. The Balaban J connectivity index is 1.49. The van der Waals surface area contributed by atoms with Crippen LogP contribution in [0.25, 0.3) is 10.9 Å². The summed E-state index contributed by atoms with van der Waals surface area (Å²) in [6, 6.07) is 10.2. The number of benzene rings is 1. The average Bonchev–Trinajstić information content (AvgIpc) is 3.25. The van der Waals surface area contributed by atoms with E-state index < -0.39 is 17.7 Å². The minimum absolute atomic E-state index is 0.0348. The second-order valence-electron chi connectivity index (χ2n) is 6.17. The number of para-hydroxylation sites is 1. The highest BCUT2D eigenvalue weighted by Crippen LogP contribution is 2.08. The molecule has 3 rings (SSSR count). The number of aryl methyl sites for hydroxylation is 1. The van der Waals surface area contributed by atoms with Crippen molar-refractivity contribution in [2.75, 3.05) is 0 Å². The number of rotatable bonds is 5. The molecule has 10 heteroatoms. The molecule has 0 saturated carbocycles. The van der Waals surface area contributed by atoms with Gasteiger partial charge in [-0.05, 0) is 24.3 Å². The van der Waals surface area contributed by atoms with E-state index in [4.69, 9.17) is 4.42 Å². The molecule has 3 N–H and O–H groups in total. The van der Waals surface area contributed by atoms with Crippen LogP contribution in [0.5, 0.6) is 0 Å². The molecule has 150 valence electrons. The normalized spacial score (nSPS) is 10.5. The molecule has 0 bridgehead atoms. The first kappa shape index (κ1) is 19.8. The molecule has 0 atom stereocenters. The van der Waals surface area contributed by atoms with Gasteiger partial charge in [-0.15, -0.1) is 0 Å². The first-order valence-electron chi connectivity index (χ1n) is 8.79. The van der Waals surface area contributed by atoms with E-state index in [2.05, 4.69) is 15.7 Å². The Kier molecular flexibility index (Phi) is 6.03. The molecule has 0 spiro atoms. The number of nitrogens with zero attached hydrogens (tertiary/aromatic N) is 2. The monoisotopic (exact) mass is 397 g/mol. The van der Waals surface area contributed by atoms with Gasteiger partial charge in [-0.2, -0.15) is 0 Å². The van der Waals surface area contributed by atoms with Gasteiger partial charge in [0.25, 0.3) is 5.56 Å². The zero-order valence-corrected chi connectivity index (χ0v) is 15.6. The maximum Gasteiger partial charge on any atom is 0.327 e. The van der Waals surface area contributed by atoms with E-state index in [1.165, 1.54) is 10.8 Å². The van der Waals surface area contributed by atoms with Crippen LogP contribution in [-0.4, -0.2) is 27.3 Å². The zero-order valence-electron chi connectivity index (χ0n) is 15.6. The van der Waals surface area contributed by atoms with E-state index >= 15 is 0 Å². The smallest absolute Gasteiger partial charge is 0.327 e. The number of hydrogen-bond donors (Lipinski definition) is 3. The number of aromatic nitrogens is 2. The topological polar surface area (TPSA) is 135 Å². The highest BCUT2D eigenvalue weighted by atomic mass is 16.3. The average molecular weight is 397 g/mol. The van der Waals surface area contributed by atoms with Crippen molar-refractivity contribution in [3.8, 4) is 0 Å². The van der Waals surface area contributed by atoms with Gasteiger partial charge in [0.15, 0.2) is 0 Å². The SMILES string of the molecule is Cn1c(CCC(=O)NNC(=O)C(=O)NCc2ccco2)nc2ccccc2c1=O. The predicted molar refractivity (Wildman–Crippen MR) is 102 cm³/mol. The van der Waals surface area contributed by atoms with Crippen LogP contribution in [0, 0.1) is 0 Å². The molecular formula is C19H19N5O5. The lowest BCUT2D eigenvalue weighted by atomic mass is 10.2. The van der Waals surface area contributed by atoms with Crippen molar-refractivity contribution in [2.24, 2.45) is 7.05 Å². The Morgan fingerprint density at radius 3 is 2.62 bits per heavy atom. The van der Waals surface area contributed by atoms with Crippen molar-refractivity contribution in [3.63, 3.8) is 0 Å². The van der Waals surface area contributed by atoms with E-state index in [1.807, 2.05) is 5.43 Å². The number of carbonyl (C=O) groups excluding carboxylic acids is 3. The molecule has 3 amide bonds. The van der Waals surface area contributed by atoms with E-state index in [9.17, 15) is 19.2 Å². The standard InChI is InChI=1S/C19H19N5O5/c1-24-15(21-14-7-3-2-6-13(14)19(24)28)8-9-16(25)22-23-18(27)17(26)20-11-12-5-4-10-29-12/h2-7,10H,8-9,11H2,1H3,(H,20,26)(H,22,25)(H,23,27). The largest absolute Gasteiger partial charge is 0.467 e. The molecule has 1 aromatic carbocycles. The fraction of sp³-hybridized carbons (Fsp3) is 0.211. The van der Waals surface area contributed by atoms with Gasteiger partial charge in [0.2, 0.25) is 5.91 Å². The van der Waals surface area contributed by atoms with E-state index in [0.29, 0.717) is 22.5 Å². The van der Waals surface area contributed by atoms with Gasteiger partial charge in [0.05, 0.1) is 23.7 Å². The van der Waals surface area contributed by atoms with Gasteiger partial charge in [-0.25, -0.2) is 4.98 Å².